The van der Waals surface area contributed by atoms with E-state index in [4.69, 9.17) is 0 Å². The highest BCUT2D eigenvalue weighted by atomic mass is 19.3. The first-order valence-electron chi connectivity index (χ1n) is 4.73. The van der Waals surface area contributed by atoms with Crippen LogP contribution >= 0.6 is 0 Å². The number of alkyl halides is 3. The van der Waals surface area contributed by atoms with E-state index in [1.54, 1.807) is 30.3 Å². The number of hydrogen-bond donors (Lipinski definition) is 0. The van der Waals surface area contributed by atoms with Crippen LogP contribution in [0.25, 0.3) is 6.08 Å². The van der Waals surface area contributed by atoms with Gasteiger partial charge in [-0.2, -0.15) is 8.78 Å². The lowest BCUT2D eigenvalue weighted by Crippen LogP contribution is -2.37. The Balaban J connectivity index is 2.79. The predicted octanol–water partition coefficient (Wildman–Crippen LogP) is 2.44. The third-order valence-electron chi connectivity index (χ3n) is 2.01. The summed E-state index contributed by atoms with van der Waals surface area (Å²) < 4.78 is 37.6. The van der Waals surface area contributed by atoms with E-state index in [0.717, 1.165) is 6.08 Å². The molecular weight excluding hydrogens is 233 g/mol. The molecule has 1 aromatic carbocycles. The Hall–Kier alpha value is -1.91. The summed E-state index contributed by atoms with van der Waals surface area (Å²) in [6.07, 6.45) is 1.71. The van der Waals surface area contributed by atoms with E-state index in [1.165, 1.54) is 0 Å². The predicted molar refractivity (Wildman–Crippen MR) is 56.4 cm³/mol. The molecule has 0 atom stereocenters. The highest BCUT2D eigenvalue weighted by Gasteiger charge is 2.44. The summed E-state index contributed by atoms with van der Waals surface area (Å²) in [6.45, 7) is -1.86. The fourth-order valence-electron chi connectivity index (χ4n) is 1.06. The first kappa shape index (κ1) is 13.2. The van der Waals surface area contributed by atoms with Crippen molar-refractivity contribution in [1.82, 2.24) is 0 Å². The van der Waals surface area contributed by atoms with E-state index in [0.29, 0.717) is 11.6 Å². The molecule has 0 saturated carbocycles. The molecule has 0 aliphatic carbocycles. The number of hydrogen-bond acceptors (Lipinski definition) is 2. The van der Waals surface area contributed by atoms with Gasteiger partial charge in [-0.3, -0.25) is 9.59 Å². The molecule has 90 valence electrons. The van der Waals surface area contributed by atoms with Gasteiger partial charge in [-0.25, -0.2) is 4.39 Å². The molecule has 1 aromatic rings. The fraction of sp³-hybridized carbons (Fsp3) is 0.167. The number of benzene rings is 1. The standard InChI is InChI=1S/C12H9F3O2/c13-8-11(17)12(14,15)10(16)7-6-9-4-2-1-3-5-9/h1-7H,8H2/b7-6+. The van der Waals surface area contributed by atoms with Gasteiger partial charge in [-0.05, 0) is 11.6 Å². The van der Waals surface area contributed by atoms with Crippen molar-refractivity contribution in [3.8, 4) is 0 Å². The van der Waals surface area contributed by atoms with E-state index in [1.807, 2.05) is 0 Å². The van der Waals surface area contributed by atoms with Crippen LogP contribution in [-0.4, -0.2) is 24.2 Å². The van der Waals surface area contributed by atoms with Gasteiger partial charge >= 0.3 is 5.92 Å². The summed E-state index contributed by atoms with van der Waals surface area (Å²) in [5.41, 5.74) is 0.532. The molecule has 5 heteroatoms. The number of ketones is 2. The van der Waals surface area contributed by atoms with Gasteiger partial charge in [0.05, 0.1) is 0 Å². The smallest absolute Gasteiger partial charge is 0.289 e. The van der Waals surface area contributed by atoms with Crippen LogP contribution in [-0.2, 0) is 9.59 Å². The lowest BCUT2D eigenvalue weighted by Gasteiger charge is -2.08. The SMILES string of the molecule is O=C(/C=C/c1ccccc1)C(F)(F)C(=O)CF. The number of carbonyl (C=O) groups is 2. The zero-order valence-electron chi connectivity index (χ0n) is 8.70. The Morgan fingerprint density at radius 2 is 1.76 bits per heavy atom. The maximum absolute atomic E-state index is 12.9. The van der Waals surface area contributed by atoms with E-state index in [-0.39, 0.29) is 0 Å². The molecule has 0 amide bonds. The van der Waals surface area contributed by atoms with Crippen LogP contribution in [0.5, 0.6) is 0 Å². The van der Waals surface area contributed by atoms with Crippen LogP contribution in [0, 0.1) is 0 Å². The van der Waals surface area contributed by atoms with Crippen LogP contribution in [0.3, 0.4) is 0 Å². The third kappa shape index (κ3) is 3.27. The molecule has 0 spiro atoms. The highest BCUT2D eigenvalue weighted by Crippen LogP contribution is 2.18. The largest absolute Gasteiger partial charge is 0.368 e. The van der Waals surface area contributed by atoms with Crippen LogP contribution in [0.15, 0.2) is 36.4 Å². The molecule has 0 unspecified atom stereocenters. The minimum Gasteiger partial charge on any atom is -0.289 e. The van der Waals surface area contributed by atoms with Gasteiger partial charge in [0.15, 0.2) is 6.67 Å². The van der Waals surface area contributed by atoms with Crippen molar-refractivity contribution < 1.29 is 22.8 Å². The molecule has 17 heavy (non-hydrogen) atoms. The number of halogens is 3. The summed E-state index contributed by atoms with van der Waals surface area (Å²) in [7, 11) is 0. The molecule has 2 nitrogen and oxygen atoms in total. The summed E-state index contributed by atoms with van der Waals surface area (Å²) in [5, 5.41) is 0. The monoisotopic (exact) mass is 242 g/mol. The minimum atomic E-state index is -4.29. The zero-order chi connectivity index (χ0) is 12.9. The molecular formula is C12H9F3O2. The summed E-state index contributed by atoms with van der Waals surface area (Å²) >= 11 is 0. The van der Waals surface area contributed by atoms with E-state index in [2.05, 4.69) is 0 Å². The first-order valence-corrected chi connectivity index (χ1v) is 4.73. The summed E-state index contributed by atoms with van der Waals surface area (Å²) in [5.74, 6) is -8.04. The quantitative estimate of drug-likeness (QED) is 0.587. The maximum Gasteiger partial charge on any atom is 0.368 e. The second-order valence-corrected chi connectivity index (χ2v) is 3.24. The van der Waals surface area contributed by atoms with Crippen LogP contribution < -0.4 is 0 Å². The Morgan fingerprint density at radius 3 is 2.29 bits per heavy atom. The van der Waals surface area contributed by atoms with Crippen LogP contribution in [0.2, 0.25) is 0 Å². The van der Waals surface area contributed by atoms with E-state index >= 15 is 0 Å². The molecule has 0 heterocycles. The number of carbonyl (C=O) groups excluding carboxylic acids is 2. The van der Waals surface area contributed by atoms with Crippen LogP contribution in [0.4, 0.5) is 13.2 Å². The highest BCUT2D eigenvalue weighted by molar-refractivity contribution is 6.14. The van der Waals surface area contributed by atoms with Gasteiger partial charge in [-0.15, -0.1) is 0 Å². The number of Topliss-reactive ketones (excluding diaryl/α,β-unsaturated/α-hetero) is 1. The topological polar surface area (TPSA) is 34.1 Å². The molecule has 0 aromatic heterocycles. The lowest BCUT2D eigenvalue weighted by atomic mass is 10.1. The molecule has 0 radical (unpaired) electrons. The van der Waals surface area contributed by atoms with Gasteiger partial charge in [-0.1, -0.05) is 36.4 Å². The lowest BCUT2D eigenvalue weighted by molar-refractivity contribution is -0.154. The Labute approximate surface area is 95.8 Å². The van der Waals surface area contributed by atoms with Gasteiger partial charge in [0.2, 0.25) is 11.6 Å². The zero-order valence-corrected chi connectivity index (χ0v) is 8.70. The molecule has 0 bridgehead atoms. The molecule has 0 aliphatic rings. The van der Waals surface area contributed by atoms with E-state index < -0.39 is 24.2 Å². The Bertz CT molecular complexity index is 438. The van der Waals surface area contributed by atoms with Crippen molar-refractivity contribution in [3.05, 3.63) is 42.0 Å². The van der Waals surface area contributed by atoms with Gasteiger partial charge in [0.1, 0.15) is 0 Å². The normalized spacial score (nSPS) is 11.7. The fourth-order valence-corrected chi connectivity index (χ4v) is 1.06. The van der Waals surface area contributed by atoms with Crippen molar-refractivity contribution in [1.29, 1.82) is 0 Å². The van der Waals surface area contributed by atoms with Crippen molar-refractivity contribution in [2.75, 3.05) is 6.67 Å². The third-order valence-corrected chi connectivity index (χ3v) is 2.01. The van der Waals surface area contributed by atoms with Crippen LogP contribution in [0.1, 0.15) is 5.56 Å². The number of rotatable bonds is 5. The van der Waals surface area contributed by atoms with Crippen molar-refractivity contribution in [2.24, 2.45) is 0 Å². The molecule has 1 rings (SSSR count). The van der Waals surface area contributed by atoms with Crippen molar-refractivity contribution in [2.45, 2.75) is 5.92 Å². The van der Waals surface area contributed by atoms with Gasteiger partial charge < -0.3 is 0 Å². The average Bonchev–Trinajstić information content (AvgIpc) is 2.35. The average molecular weight is 242 g/mol. The second-order valence-electron chi connectivity index (χ2n) is 3.24. The van der Waals surface area contributed by atoms with Gasteiger partial charge in [0.25, 0.3) is 0 Å². The molecule has 0 aliphatic heterocycles. The summed E-state index contributed by atoms with van der Waals surface area (Å²) in [4.78, 5) is 21.5. The maximum atomic E-state index is 12.9. The molecule has 0 N–H and O–H groups in total. The Kier molecular flexibility index (Phi) is 4.20. The summed E-state index contributed by atoms with van der Waals surface area (Å²) in [6, 6.07) is 8.24. The van der Waals surface area contributed by atoms with Gasteiger partial charge in [0, 0.05) is 0 Å². The van der Waals surface area contributed by atoms with Crippen molar-refractivity contribution in [3.63, 3.8) is 0 Å². The molecule has 0 fully saturated rings. The first-order chi connectivity index (χ1) is 7.98. The van der Waals surface area contributed by atoms with E-state index in [9.17, 15) is 22.8 Å². The van der Waals surface area contributed by atoms with Crippen molar-refractivity contribution >= 4 is 17.6 Å². The second kappa shape index (κ2) is 5.43. The Morgan fingerprint density at radius 1 is 1.18 bits per heavy atom. The number of allylic oxidation sites excluding steroid dienone is 1. The minimum absolute atomic E-state index is 0.532. The molecule has 0 saturated heterocycles.